The number of aliphatic hydroxyl groups excluding tert-OH is 2. The monoisotopic (exact) mass is 158 g/mol. The van der Waals surface area contributed by atoms with Gasteiger partial charge in [0.05, 0.1) is 19.0 Å². The molecule has 1 aromatic rings. The molecule has 0 amide bonds. The summed E-state index contributed by atoms with van der Waals surface area (Å²) in [6.07, 6.45) is 0.734. The molecule has 0 radical (unpaired) electrons. The third-order valence-electron chi connectivity index (χ3n) is 1.11. The summed E-state index contributed by atoms with van der Waals surface area (Å²) in [5.41, 5.74) is 0. The zero-order chi connectivity index (χ0) is 8.27. The van der Waals surface area contributed by atoms with Crippen molar-refractivity contribution in [2.75, 3.05) is 6.61 Å². The van der Waals surface area contributed by atoms with E-state index in [1.54, 1.807) is 0 Å². The maximum Gasteiger partial charge on any atom is 0.159 e. The molecule has 0 saturated carbocycles. The van der Waals surface area contributed by atoms with Crippen LogP contribution in [0.4, 0.5) is 4.39 Å². The number of nitrogens with zero attached hydrogens (tertiary/aromatic N) is 2. The van der Waals surface area contributed by atoms with Crippen LogP contribution >= 0.6 is 0 Å². The van der Waals surface area contributed by atoms with Gasteiger partial charge in [-0.05, 0) is 0 Å². The topological polar surface area (TPSA) is 66.2 Å². The lowest BCUT2D eigenvalue weighted by molar-refractivity contribution is 0.0884. The smallest absolute Gasteiger partial charge is 0.159 e. The molecule has 0 bridgehead atoms. The van der Waals surface area contributed by atoms with Crippen molar-refractivity contribution in [2.45, 2.75) is 6.10 Å². The molecule has 60 valence electrons. The Hall–Kier alpha value is -1.07. The van der Waals surface area contributed by atoms with Gasteiger partial charge in [-0.3, -0.25) is 0 Å². The summed E-state index contributed by atoms with van der Waals surface area (Å²) in [5.74, 6) is -0.548. The highest BCUT2D eigenvalue weighted by atomic mass is 19.1. The number of halogens is 1. The highest BCUT2D eigenvalue weighted by Crippen LogP contribution is 2.04. The van der Waals surface area contributed by atoms with Gasteiger partial charge in [0, 0.05) is 0 Å². The molecule has 1 rings (SSSR count). The van der Waals surface area contributed by atoms with Crippen LogP contribution in [0.1, 0.15) is 11.9 Å². The van der Waals surface area contributed by atoms with Crippen LogP contribution in [0.2, 0.25) is 0 Å². The molecular formula is C6H7FN2O2. The van der Waals surface area contributed by atoms with Gasteiger partial charge in [-0.2, -0.15) is 0 Å². The van der Waals surface area contributed by atoms with Crippen molar-refractivity contribution in [3.8, 4) is 0 Å². The van der Waals surface area contributed by atoms with Crippen LogP contribution in [-0.2, 0) is 0 Å². The zero-order valence-corrected chi connectivity index (χ0v) is 5.61. The SMILES string of the molecule is OCC(O)c1ncc(F)cn1. The molecule has 0 aliphatic carbocycles. The van der Waals surface area contributed by atoms with Gasteiger partial charge in [0.1, 0.15) is 6.10 Å². The van der Waals surface area contributed by atoms with Crippen molar-refractivity contribution >= 4 is 0 Å². The minimum Gasteiger partial charge on any atom is -0.393 e. The van der Waals surface area contributed by atoms with Gasteiger partial charge in [-0.25, -0.2) is 14.4 Å². The van der Waals surface area contributed by atoms with Gasteiger partial charge in [0.15, 0.2) is 11.6 Å². The van der Waals surface area contributed by atoms with Gasteiger partial charge in [-0.1, -0.05) is 0 Å². The predicted octanol–water partition coefficient (Wildman–Crippen LogP) is -0.359. The van der Waals surface area contributed by atoms with E-state index < -0.39 is 18.5 Å². The van der Waals surface area contributed by atoms with E-state index in [2.05, 4.69) is 9.97 Å². The van der Waals surface area contributed by atoms with E-state index in [4.69, 9.17) is 10.2 Å². The minimum atomic E-state index is -1.13. The van der Waals surface area contributed by atoms with Crippen LogP contribution in [0, 0.1) is 5.82 Å². The summed E-state index contributed by atoms with van der Waals surface area (Å²) in [6, 6.07) is 0. The second kappa shape index (κ2) is 3.36. The first-order chi connectivity index (χ1) is 5.24. The van der Waals surface area contributed by atoms with Gasteiger partial charge < -0.3 is 10.2 Å². The van der Waals surface area contributed by atoms with Gasteiger partial charge in [0.2, 0.25) is 0 Å². The molecule has 0 aliphatic heterocycles. The van der Waals surface area contributed by atoms with E-state index in [1.807, 2.05) is 0 Å². The van der Waals surface area contributed by atoms with Crippen molar-refractivity contribution in [1.82, 2.24) is 9.97 Å². The van der Waals surface area contributed by atoms with Gasteiger partial charge in [0.25, 0.3) is 0 Å². The van der Waals surface area contributed by atoms with Crippen LogP contribution in [-0.4, -0.2) is 26.8 Å². The molecule has 0 saturated heterocycles. The van der Waals surface area contributed by atoms with E-state index in [-0.39, 0.29) is 5.82 Å². The second-order valence-electron chi connectivity index (χ2n) is 1.96. The number of rotatable bonds is 2. The highest BCUT2D eigenvalue weighted by molar-refractivity contribution is 4.94. The quantitative estimate of drug-likeness (QED) is 0.617. The van der Waals surface area contributed by atoms with Crippen molar-refractivity contribution in [2.24, 2.45) is 0 Å². The molecular weight excluding hydrogens is 151 g/mol. The molecule has 1 aromatic heterocycles. The van der Waals surface area contributed by atoms with Gasteiger partial charge >= 0.3 is 0 Å². The lowest BCUT2D eigenvalue weighted by Gasteiger charge is -2.02. The van der Waals surface area contributed by atoms with Crippen molar-refractivity contribution in [3.05, 3.63) is 24.0 Å². The summed E-state index contributed by atoms with van der Waals surface area (Å²) in [7, 11) is 0. The molecule has 0 aromatic carbocycles. The first-order valence-corrected chi connectivity index (χ1v) is 3.00. The third-order valence-corrected chi connectivity index (χ3v) is 1.11. The van der Waals surface area contributed by atoms with Crippen LogP contribution < -0.4 is 0 Å². The third kappa shape index (κ3) is 1.92. The maximum atomic E-state index is 12.2. The van der Waals surface area contributed by atoms with E-state index in [0.717, 1.165) is 12.4 Å². The fraction of sp³-hybridized carbons (Fsp3) is 0.333. The summed E-state index contributed by atoms with van der Waals surface area (Å²) in [4.78, 5) is 6.91. The predicted molar refractivity (Wildman–Crippen MR) is 34.0 cm³/mol. The lowest BCUT2D eigenvalue weighted by Crippen LogP contribution is -2.07. The first kappa shape index (κ1) is 8.03. The molecule has 2 N–H and O–H groups in total. The molecule has 4 nitrogen and oxygen atoms in total. The fourth-order valence-electron chi connectivity index (χ4n) is 0.576. The van der Waals surface area contributed by atoms with Crippen LogP contribution in [0.5, 0.6) is 0 Å². The first-order valence-electron chi connectivity index (χ1n) is 3.00. The largest absolute Gasteiger partial charge is 0.393 e. The molecule has 0 aliphatic rings. The molecule has 0 fully saturated rings. The second-order valence-corrected chi connectivity index (χ2v) is 1.96. The number of aromatic nitrogens is 2. The van der Waals surface area contributed by atoms with E-state index in [1.165, 1.54) is 0 Å². The average molecular weight is 158 g/mol. The van der Waals surface area contributed by atoms with Crippen molar-refractivity contribution in [3.63, 3.8) is 0 Å². The summed E-state index contributed by atoms with van der Waals surface area (Å²) >= 11 is 0. The van der Waals surface area contributed by atoms with E-state index in [9.17, 15) is 4.39 Å². The zero-order valence-electron chi connectivity index (χ0n) is 5.61. The molecule has 5 heteroatoms. The Bertz CT molecular complexity index is 227. The summed E-state index contributed by atoms with van der Waals surface area (Å²) < 4.78 is 12.2. The molecule has 0 spiro atoms. The average Bonchev–Trinajstić information content (AvgIpc) is 2.05. The Morgan fingerprint density at radius 3 is 2.45 bits per heavy atom. The Balaban J connectivity index is 2.81. The van der Waals surface area contributed by atoms with E-state index in [0.29, 0.717) is 0 Å². The van der Waals surface area contributed by atoms with Crippen molar-refractivity contribution in [1.29, 1.82) is 0 Å². The van der Waals surface area contributed by atoms with Crippen LogP contribution in [0.25, 0.3) is 0 Å². The molecule has 1 atom stereocenters. The Morgan fingerprint density at radius 1 is 1.45 bits per heavy atom. The van der Waals surface area contributed by atoms with Crippen LogP contribution in [0.3, 0.4) is 0 Å². The summed E-state index contributed by atoms with van der Waals surface area (Å²) in [6.45, 7) is -0.467. The maximum absolute atomic E-state index is 12.2. The van der Waals surface area contributed by atoms with Crippen molar-refractivity contribution < 1.29 is 14.6 Å². The molecule has 1 heterocycles. The Morgan fingerprint density at radius 2 is 2.00 bits per heavy atom. The van der Waals surface area contributed by atoms with Gasteiger partial charge in [-0.15, -0.1) is 0 Å². The molecule has 1 unspecified atom stereocenters. The summed E-state index contributed by atoms with van der Waals surface area (Å²) in [5, 5.41) is 17.4. The Labute approximate surface area is 62.4 Å². The minimum absolute atomic E-state index is 0.0221. The lowest BCUT2D eigenvalue weighted by atomic mass is 10.3. The Kier molecular flexibility index (Phi) is 2.45. The fourth-order valence-corrected chi connectivity index (χ4v) is 0.576. The number of aliphatic hydroxyl groups is 2. The normalized spacial score (nSPS) is 13.0. The molecule has 11 heavy (non-hydrogen) atoms. The number of hydrogen-bond acceptors (Lipinski definition) is 4. The van der Waals surface area contributed by atoms with E-state index >= 15 is 0 Å². The standard InChI is InChI=1S/C6H7FN2O2/c7-4-1-8-6(9-2-4)5(11)3-10/h1-2,5,10-11H,3H2. The highest BCUT2D eigenvalue weighted by Gasteiger charge is 2.07. The number of hydrogen-bond donors (Lipinski definition) is 2. The van der Waals surface area contributed by atoms with Crippen LogP contribution in [0.15, 0.2) is 12.4 Å².